The van der Waals surface area contributed by atoms with Crippen molar-refractivity contribution in [1.29, 1.82) is 0 Å². The van der Waals surface area contributed by atoms with Gasteiger partial charge in [0.25, 0.3) is 18.3 Å². The topological polar surface area (TPSA) is 162 Å². The molecule has 0 aliphatic carbocycles. The number of amides is 1. The van der Waals surface area contributed by atoms with Crippen molar-refractivity contribution in [2.75, 3.05) is 66.4 Å². The molecule has 1 aromatic rings. The number of carbonyl (C=O) groups is 2. The van der Waals surface area contributed by atoms with Gasteiger partial charge in [0.1, 0.15) is 6.54 Å². The van der Waals surface area contributed by atoms with E-state index in [1.807, 2.05) is 0 Å². The van der Waals surface area contributed by atoms with Crippen molar-refractivity contribution in [1.82, 2.24) is 5.32 Å². The Balaban J connectivity index is 2.25. The summed E-state index contributed by atoms with van der Waals surface area (Å²) in [6.45, 7) is 7.06. The average Bonchev–Trinajstić information content (AvgIpc) is 2.79. The largest absolute Gasteiger partial charge is 0.493 e. The fourth-order valence-electron chi connectivity index (χ4n) is 2.43. The lowest BCUT2D eigenvalue weighted by atomic mass is 10.1. The highest BCUT2D eigenvalue weighted by Crippen LogP contribution is 2.34. The van der Waals surface area contributed by atoms with Crippen LogP contribution in [0.15, 0.2) is 17.2 Å². The Morgan fingerprint density at radius 1 is 1.09 bits per heavy atom. The van der Waals surface area contributed by atoms with Crippen LogP contribution >= 0.6 is 0 Å². The molecule has 33 heavy (non-hydrogen) atoms. The van der Waals surface area contributed by atoms with Crippen LogP contribution in [-0.2, 0) is 19.0 Å². The molecule has 13 heteroatoms. The van der Waals surface area contributed by atoms with E-state index in [4.69, 9.17) is 23.7 Å². The first kappa shape index (κ1) is 27.7. The van der Waals surface area contributed by atoms with E-state index in [2.05, 4.69) is 21.9 Å². The quantitative estimate of drug-likeness (QED) is 0.0620. The maximum Gasteiger partial charge on any atom is 0.295 e. The molecule has 0 aromatic heterocycles. The zero-order valence-electron chi connectivity index (χ0n) is 18.7. The molecule has 0 aliphatic heterocycles. The van der Waals surface area contributed by atoms with Crippen LogP contribution < -0.4 is 14.8 Å². The van der Waals surface area contributed by atoms with Crippen LogP contribution in [0.5, 0.6) is 11.5 Å². The molecule has 0 heterocycles. The molecule has 0 saturated carbocycles. The molecule has 0 spiro atoms. The molecular weight excluding hydrogens is 440 g/mol. The summed E-state index contributed by atoms with van der Waals surface area (Å²) in [5.41, 5.74) is -0.541. The van der Waals surface area contributed by atoms with E-state index >= 15 is 0 Å². The Kier molecular flexibility index (Phi) is 13.6. The number of nitrogens with one attached hydrogen (secondary N) is 1. The number of rotatable bonds is 18. The van der Waals surface area contributed by atoms with Gasteiger partial charge in [-0.15, -0.1) is 0 Å². The lowest BCUT2D eigenvalue weighted by molar-refractivity contribution is -0.385. The van der Waals surface area contributed by atoms with Gasteiger partial charge in [0.15, 0.2) is 23.9 Å². The normalized spacial score (nSPS) is 10.2. The second kappa shape index (κ2) is 16.3. The minimum absolute atomic E-state index is 0.0199. The van der Waals surface area contributed by atoms with Crippen molar-refractivity contribution in [2.45, 2.75) is 6.92 Å². The molecule has 0 bridgehead atoms. The zero-order valence-corrected chi connectivity index (χ0v) is 18.7. The summed E-state index contributed by atoms with van der Waals surface area (Å²) in [6.07, 6.45) is 0. The van der Waals surface area contributed by atoms with E-state index in [1.54, 1.807) is 0 Å². The Morgan fingerprint density at radius 3 is 2.30 bits per heavy atom. The number of hydrogen-bond acceptors (Lipinski definition) is 10. The van der Waals surface area contributed by atoms with Crippen molar-refractivity contribution in [2.24, 2.45) is 5.11 Å². The molecule has 1 amide bonds. The average molecular weight is 469 g/mol. The fourth-order valence-corrected chi connectivity index (χ4v) is 2.43. The lowest BCUT2D eigenvalue weighted by Crippen LogP contribution is -2.32. The van der Waals surface area contributed by atoms with Crippen LogP contribution in [0.3, 0.4) is 0 Å². The standard InChI is InChI=1S/C20H28N4O9/c1-15(25)16-12-18(29-3)19(13-17(16)24(27)28)33-14-20(26)22-4-6-30-8-10-32-11-9-31-7-5-23-21-2/h12-13H,2,4-11,14H2,1,3H3/p+1. The summed E-state index contributed by atoms with van der Waals surface area (Å²) in [7, 11) is 1.32. The Hall–Kier alpha value is -3.38. The van der Waals surface area contributed by atoms with Crippen LogP contribution in [0.4, 0.5) is 5.69 Å². The van der Waals surface area contributed by atoms with Crippen LogP contribution in [0.2, 0.25) is 0 Å². The van der Waals surface area contributed by atoms with Crippen LogP contribution in [0.1, 0.15) is 17.3 Å². The van der Waals surface area contributed by atoms with E-state index in [0.717, 1.165) is 6.07 Å². The summed E-state index contributed by atoms with van der Waals surface area (Å²) in [5.74, 6) is -0.855. The van der Waals surface area contributed by atoms with E-state index in [-0.39, 0.29) is 30.2 Å². The molecule has 0 radical (unpaired) electrons. The SMILES string of the molecule is C=[N+]=NCCOCCOCCOCCNC(=O)COc1cc([N+](=O)[O-])c(C(C)=O)cc1OC. The number of nitro benzene ring substituents is 1. The number of ketones is 1. The number of ether oxygens (including phenoxy) is 5. The summed E-state index contributed by atoms with van der Waals surface area (Å²) in [6, 6.07) is 2.27. The summed E-state index contributed by atoms with van der Waals surface area (Å²) < 4.78 is 26.4. The number of benzene rings is 1. The maximum atomic E-state index is 11.9. The summed E-state index contributed by atoms with van der Waals surface area (Å²) in [4.78, 5) is 37.4. The molecular formula is C20H29N4O9+. The monoisotopic (exact) mass is 469 g/mol. The van der Waals surface area contributed by atoms with Gasteiger partial charge >= 0.3 is 0 Å². The van der Waals surface area contributed by atoms with E-state index in [0.29, 0.717) is 39.6 Å². The molecule has 0 atom stereocenters. The number of nitrogens with zero attached hydrogens (tertiary/aromatic N) is 3. The number of carbonyl (C=O) groups excluding carboxylic acids is 2. The molecule has 0 fully saturated rings. The number of hydrogen-bond donors (Lipinski definition) is 1. The summed E-state index contributed by atoms with van der Waals surface area (Å²) in [5, 5.41) is 17.5. The third-order valence-corrected chi connectivity index (χ3v) is 3.96. The molecule has 0 unspecified atom stereocenters. The van der Waals surface area contributed by atoms with Crippen LogP contribution in [0.25, 0.3) is 0 Å². The number of methoxy groups -OCH3 is 1. The minimum atomic E-state index is -0.699. The summed E-state index contributed by atoms with van der Waals surface area (Å²) >= 11 is 0. The van der Waals surface area contributed by atoms with Crippen molar-refractivity contribution >= 4 is 24.1 Å². The third-order valence-electron chi connectivity index (χ3n) is 3.96. The third kappa shape index (κ3) is 11.2. The smallest absolute Gasteiger partial charge is 0.295 e. The first-order valence-electron chi connectivity index (χ1n) is 10.0. The van der Waals surface area contributed by atoms with Crippen LogP contribution in [0, 0.1) is 10.1 Å². The number of Topliss-reactive ketones (excluding diaryl/α,β-unsaturated/α-hetero) is 1. The predicted molar refractivity (Wildman–Crippen MR) is 115 cm³/mol. The van der Waals surface area contributed by atoms with Crippen molar-refractivity contribution in [3.05, 3.63) is 27.8 Å². The van der Waals surface area contributed by atoms with Gasteiger partial charge in [-0.3, -0.25) is 19.7 Å². The lowest BCUT2D eigenvalue weighted by Gasteiger charge is -2.12. The van der Waals surface area contributed by atoms with Gasteiger partial charge in [0.2, 0.25) is 0 Å². The first-order valence-corrected chi connectivity index (χ1v) is 10.0. The van der Waals surface area contributed by atoms with E-state index in [1.165, 1.54) is 20.1 Å². The van der Waals surface area contributed by atoms with Gasteiger partial charge in [-0.2, -0.15) is 0 Å². The Bertz CT molecular complexity index is 841. The van der Waals surface area contributed by atoms with Gasteiger partial charge in [-0.05, 0) is 6.92 Å². The number of nitro groups is 1. The first-order chi connectivity index (χ1) is 15.9. The zero-order chi connectivity index (χ0) is 24.5. The van der Waals surface area contributed by atoms with E-state index < -0.39 is 28.9 Å². The highest BCUT2D eigenvalue weighted by atomic mass is 16.6. The Morgan fingerprint density at radius 2 is 1.73 bits per heavy atom. The molecule has 182 valence electrons. The molecule has 1 N–H and O–H groups in total. The molecule has 1 aromatic carbocycles. The van der Waals surface area contributed by atoms with Crippen molar-refractivity contribution in [3.63, 3.8) is 0 Å². The second-order valence-electron chi connectivity index (χ2n) is 6.32. The molecule has 0 aliphatic rings. The van der Waals surface area contributed by atoms with Gasteiger partial charge in [0, 0.05) is 17.4 Å². The van der Waals surface area contributed by atoms with Gasteiger partial charge in [0.05, 0.1) is 68.4 Å². The van der Waals surface area contributed by atoms with Gasteiger partial charge < -0.3 is 29.0 Å². The molecule has 0 saturated heterocycles. The van der Waals surface area contributed by atoms with Crippen molar-refractivity contribution in [3.8, 4) is 11.5 Å². The van der Waals surface area contributed by atoms with Crippen molar-refractivity contribution < 1.29 is 43.0 Å². The second-order valence-corrected chi connectivity index (χ2v) is 6.32. The fraction of sp³-hybridized carbons (Fsp3) is 0.550. The predicted octanol–water partition coefficient (Wildman–Crippen LogP) is 0.712. The minimum Gasteiger partial charge on any atom is -0.493 e. The molecule has 1 rings (SSSR count). The van der Waals surface area contributed by atoms with Gasteiger partial charge in [-0.25, -0.2) is 0 Å². The Labute approximate surface area is 190 Å². The van der Waals surface area contributed by atoms with Crippen LogP contribution in [-0.4, -0.2) is 94.6 Å². The highest BCUT2D eigenvalue weighted by molar-refractivity contribution is 5.99. The maximum absolute atomic E-state index is 11.9. The molecule has 13 nitrogen and oxygen atoms in total. The van der Waals surface area contributed by atoms with Gasteiger partial charge in [-0.1, -0.05) is 0 Å². The highest BCUT2D eigenvalue weighted by Gasteiger charge is 2.22. The van der Waals surface area contributed by atoms with E-state index in [9.17, 15) is 19.7 Å².